The Hall–Kier alpha value is -1.09. The van der Waals surface area contributed by atoms with Crippen LogP contribution >= 0.6 is 0 Å². The average Bonchev–Trinajstić information content (AvgIpc) is 3.22. The van der Waals surface area contributed by atoms with Gasteiger partial charge in [0.2, 0.25) is 0 Å². The Kier molecular flexibility index (Phi) is 3.27. The van der Waals surface area contributed by atoms with Gasteiger partial charge in [0.25, 0.3) is 0 Å². The maximum atomic E-state index is 4.59. The molecule has 3 heteroatoms. The third-order valence-corrected chi connectivity index (χ3v) is 3.66. The van der Waals surface area contributed by atoms with Crippen LogP contribution in [0.4, 0.5) is 5.82 Å². The second kappa shape index (κ2) is 5.05. The molecule has 1 N–H and O–H groups in total. The first-order valence-electron chi connectivity index (χ1n) is 6.85. The highest BCUT2D eigenvalue weighted by atomic mass is 15.2. The smallest absolute Gasteiger partial charge is 0.128 e. The predicted octanol–water partition coefficient (Wildman–Crippen LogP) is 2.32. The first kappa shape index (κ1) is 11.0. The summed E-state index contributed by atoms with van der Waals surface area (Å²) in [5.74, 6) is 1.15. The van der Waals surface area contributed by atoms with Crippen LogP contribution in [0.25, 0.3) is 0 Å². The van der Waals surface area contributed by atoms with Gasteiger partial charge in [-0.15, -0.1) is 0 Å². The summed E-state index contributed by atoms with van der Waals surface area (Å²) in [5.41, 5.74) is 1.30. The fourth-order valence-corrected chi connectivity index (χ4v) is 2.38. The van der Waals surface area contributed by atoms with Gasteiger partial charge in [0, 0.05) is 31.9 Å². The molecule has 0 radical (unpaired) electrons. The summed E-state index contributed by atoms with van der Waals surface area (Å²) in [4.78, 5) is 6.99. The average molecular weight is 231 g/mol. The van der Waals surface area contributed by atoms with E-state index in [1.807, 2.05) is 6.20 Å². The zero-order chi connectivity index (χ0) is 11.5. The molecule has 1 saturated carbocycles. The lowest BCUT2D eigenvalue weighted by Crippen LogP contribution is -2.30. The monoisotopic (exact) mass is 231 g/mol. The zero-order valence-electron chi connectivity index (χ0n) is 10.4. The van der Waals surface area contributed by atoms with E-state index in [-0.39, 0.29) is 0 Å². The molecule has 3 rings (SSSR count). The molecule has 2 aliphatic rings. The van der Waals surface area contributed by atoms with Crippen LogP contribution in [0.2, 0.25) is 0 Å². The van der Waals surface area contributed by atoms with Crippen molar-refractivity contribution in [2.75, 3.05) is 18.0 Å². The van der Waals surface area contributed by atoms with Gasteiger partial charge in [0.1, 0.15) is 5.82 Å². The van der Waals surface area contributed by atoms with Gasteiger partial charge in [-0.2, -0.15) is 0 Å². The van der Waals surface area contributed by atoms with E-state index in [4.69, 9.17) is 0 Å². The number of rotatable bonds is 4. The number of hydrogen-bond acceptors (Lipinski definition) is 3. The number of nitrogens with zero attached hydrogens (tertiary/aromatic N) is 2. The van der Waals surface area contributed by atoms with Crippen molar-refractivity contribution in [3.63, 3.8) is 0 Å². The normalized spacial score (nSPS) is 20.6. The van der Waals surface area contributed by atoms with Gasteiger partial charge in [0.15, 0.2) is 0 Å². The molecule has 92 valence electrons. The van der Waals surface area contributed by atoms with E-state index < -0.39 is 0 Å². The van der Waals surface area contributed by atoms with Crippen LogP contribution < -0.4 is 10.2 Å². The van der Waals surface area contributed by atoms with E-state index in [9.17, 15) is 0 Å². The molecule has 0 amide bonds. The first-order valence-corrected chi connectivity index (χ1v) is 6.85. The Balaban J connectivity index is 1.58. The van der Waals surface area contributed by atoms with Crippen molar-refractivity contribution in [3.8, 4) is 0 Å². The SMILES string of the molecule is c1cc(N2CCCCC2)ncc1CNC1CC1. The Morgan fingerprint density at radius 3 is 2.65 bits per heavy atom. The molecule has 1 aromatic rings. The minimum absolute atomic E-state index is 0.775. The second-order valence-corrected chi connectivity index (χ2v) is 5.23. The molecule has 2 fully saturated rings. The number of aromatic nitrogens is 1. The van der Waals surface area contributed by atoms with Gasteiger partial charge < -0.3 is 10.2 Å². The molecule has 0 bridgehead atoms. The number of nitrogens with one attached hydrogen (secondary N) is 1. The van der Waals surface area contributed by atoms with Crippen molar-refractivity contribution in [1.29, 1.82) is 0 Å². The fourth-order valence-electron chi connectivity index (χ4n) is 2.38. The summed E-state index contributed by atoms with van der Waals surface area (Å²) >= 11 is 0. The summed E-state index contributed by atoms with van der Waals surface area (Å²) in [7, 11) is 0. The van der Waals surface area contributed by atoms with Crippen molar-refractivity contribution in [2.24, 2.45) is 0 Å². The maximum absolute atomic E-state index is 4.59. The highest BCUT2D eigenvalue weighted by molar-refractivity contribution is 5.39. The Bertz CT molecular complexity index is 350. The minimum Gasteiger partial charge on any atom is -0.357 e. The number of pyridine rings is 1. The molecule has 3 nitrogen and oxygen atoms in total. The number of piperidine rings is 1. The summed E-state index contributed by atoms with van der Waals surface area (Å²) in [5, 5.41) is 3.52. The molecule has 1 aromatic heterocycles. The second-order valence-electron chi connectivity index (χ2n) is 5.23. The minimum atomic E-state index is 0.775. The fraction of sp³-hybridized carbons (Fsp3) is 0.643. The summed E-state index contributed by atoms with van der Waals surface area (Å²) in [6.45, 7) is 3.32. The molecular weight excluding hydrogens is 210 g/mol. The lowest BCUT2D eigenvalue weighted by atomic mass is 10.1. The van der Waals surface area contributed by atoms with Crippen molar-refractivity contribution < 1.29 is 0 Å². The molecular formula is C14H21N3. The third kappa shape index (κ3) is 2.97. The van der Waals surface area contributed by atoms with Crippen molar-refractivity contribution in [1.82, 2.24) is 10.3 Å². The van der Waals surface area contributed by atoms with Crippen LogP contribution in [0, 0.1) is 0 Å². The molecule has 2 heterocycles. The standard InChI is InChI=1S/C14H21N3/c1-2-8-17(9-3-1)14-7-4-12(11-16-14)10-15-13-5-6-13/h4,7,11,13,15H,1-3,5-6,8-10H2. The van der Waals surface area contributed by atoms with Gasteiger partial charge >= 0.3 is 0 Å². The van der Waals surface area contributed by atoms with Crippen LogP contribution in [0.1, 0.15) is 37.7 Å². The number of hydrogen-bond donors (Lipinski definition) is 1. The zero-order valence-corrected chi connectivity index (χ0v) is 10.4. The molecule has 0 atom stereocenters. The Labute approximate surface area is 103 Å². The van der Waals surface area contributed by atoms with Crippen molar-refractivity contribution >= 4 is 5.82 Å². The molecule has 1 aliphatic heterocycles. The topological polar surface area (TPSA) is 28.2 Å². The maximum Gasteiger partial charge on any atom is 0.128 e. The van der Waals surface area contributed by atoms with E-state index in [1.165, 1.54) is 50.8 Å². The van der Waals surface area contributed by atoms with Crippen LogP contribution in [-0.4, -0.2) is 24.1 Å². The summed E-state index contributed by atoms with van der Waals surface area (Å²) < 4.78 is 0. The predicted molar refractivity (Wildman–Crippen MR) is 70.2 cm³/mol. The summed E-state index contributed by atoms with van der Waals surface area (Å²) in [6.07, 6.45) is 8.72. The highest BCUT2D eigenvalue weighted by Crippen LogP contribution is 2.20. The van der Waals surface area contributed by atoms with E-state index in [0.717, 1.165) is 18.4 Å². The molecule has 0 unspecified atom stereocenters. The van der Waals surface area contributed by atoms with Crippen LogP contribution in [0.5, 0.6) is 0 Å². The van der Waals surface area contributed by atoms with E-state index in [0.29, 0.717) is 0 Å². The van der Waals surface area contributed by atoms with Crippen LogP contribution in [0.3, 0.4) is 0 Å². The summed E-state index contributed by atoms with van der Waals surface area (Å²) in [6, 6.07) is 5.17. The van der Waals surface area contributed by atoms with Gasteiger partial charge in [0.05, 0.1) is 0 Å². The number of anilines is 1. The quantitative estimate of drug-likeness (QED) is 0.862. The van der Waals surface area contributed by atoms with E-state index >= 15 is 0 Å². The van der Waals surface area contributed by atoms with Gasteiger partial charge in [-0.3, -0.25) is 0 Å². The van der Waals surface area contributed by atoms with Gasteiger partial charge in [-0.1, -0.05) is 6.07 Å². The van der Waals surface area contributed by atoms with Crippen molar-refractivity contribution in [2.45, 2.75) is 44.7 Å². The van der Waals surface area contributed by atoms with Crippen molar-refractivity contribution in [3.05, 3.63) is 23.9 Å². The highest BCUT2D eigenvalue weighted by Gasteiger charge is 2.20. The van der Waals surface area contributed by atoms with Gasteiger partial charge in [-0.05, 0) is 43.7 Å². The van der Waals surface area contributed by atoms with E-state index in [1.54, 1.807) is 0 Å². The van der Waals surface area contributed by atoms with Crippen LogP contribution in [0.15, 0.2) is 18.3 Å². The molecule has 0 spiro atoms. The lowest BCUT2D eigenvalue weighted by molar-refractivity contribution is 0.573. The molecule has 1 saturated heterocycles. The van der Waals surface area contributed by atoms with E-state index in [2.05, 4.69) is 27.3 Å². The molecule has 1 aliphatic carbocycles. The molecule has 0 aromatic carbocycles. The Morgan fingerprint density at radius 1 is 1.18 bits per heavy atom. The first-order chi connectivity index (χ1) is 8.42. The van der Waals surface area contributed by atoms with Crippen LogP contribution in [-0.2, 0) is 6.54 Å². The largest absolute Gasteiger partial charge is 0.357 e. The third-order valence-electron chi connectivity index (χ3n) is 3.66. The lowest BCUT2D eigenvalue weighted by Gasteiger charge is -2.27. The van der Waals surface area contributed by atoms with Gasteiger partial charge in [-0.25, -0.2) is 4.98 Å². The Morgan fingerprint density at radius 2 is 2.00 bits per heavy atom. The molecule has 17 heavy (non-hydrogen) atoms.